The number of aromatic nitrogens is 3. The van der Waals surface area contributed by atoms with E-state index in [9.17, 15) is 4.79 Å². The highest BCUT2D eigenvalue weighted by molar-refractivity contribution is 5.94. The van der Waals surface area contributed by atoms with Gasteiger partial charge in [0.1, 0.15) is 5.75 Å². The first-order valence-electron chi connectivity index (χ1n) is 7.41. The predicted molar refractivity (Wildman–Crippen MR) is 86.6 cm³/mol. The Hall–Kier alpha value is -3.22. The lowest BCUT2D eigenvalue weighted by Crippen LogP contribution is -2.25. The highest BCUT2D eigenvalue weighted by Crippen LogP contribution is 2.16. The van der Waals surface area contributed by atoms with Gasteiger partial charge < -0.3 is 14.5 Å². The van der Waals surface area contributed by atoms with Gasteiger partial charge in [-0.05, 0) is 30.3 Å². The van der Waals surface area contributed by atoms with Gasteiger partial charge in [0.2, 0.25) is 11.8 Å². The van der Waals surface area contributed by atoms with Gasteiger partial charge in [0.05, 0.1) is 12.7 Å². The molecule has 0 aliphatic carbocycles. The van der Waals surface area contributed by atoms with Gasteiger partial charge in [-0.15, -0.1) is 10.2 Å². The van der Waals surface area contributed by atoms with E-state index < -0.39 is 0 Å². The van der Waals surface area contributed by atoms with Crippen molar-refractivity contribution >= 4 is 5.91 Å². The summed E-state index contributed by atoms with van der Waals surface area (Å²) >= 11 is 0. The Kier molecular flexibility index (Phi) is 4.81. The SMILES string of the molecule is COc1cccc(C(=O)NCCc2nnc(-c3cccnc3)o2)c1. The average Bonchev–Trinajstić information content (AvgIpc) is 3.11. The van der Waals surface area contributed by atoms with Crippen LogP contribution >= 0.6 is 0 Å². The van der Waals surface area contributed by atoms with E-state index >= 15 is 0 Å². The number of carbonyl (C=O) groups is 1. The van der Waals surface area contributed by atoms with E-state index in [1.54, 1.807) is 49.8 Å². The maximum Gasteiger partial charge on any atom is 0.251 e. The summed E-state index contributed by atoms with van der Waals surface area (Å²) in [6.07, 6.45) is 3.78. The second-order valence-corrected chi connectivity index (χ2v) is 4.98. The maximum absolute atomic E-state index is 12.1. The summed E-state index contributed by atoms with van der Waals surface area (Å²) in [5.74, 6) is 1.33. The molecule has 0 saturated carbocycles. The van der Waals surface area contributed by atoms with Crippen LogP contribution in [0.15, 0.2) is 53.2 Å². The molecule has 0 atom stereocenters. The first-order chi connectivity index (χ1) is 11.8. The second kappa shape index (κ2) is 7.36. The summed E-state index contributed by atoms with van der Waals surface area (Å²) in [6.45, 7) is 0.394. The van der Waals surface area contributed by atoms with E-state index in [-0.39, 0.29) is 5.91 Å². The van der Waals surface area contributed by atoms with Crippen molar-refractivity contribution in [2.75, 3.05) is 13.7 Å². The Labute approximate surface area is 138 Å². The molecule has 7 heteroatoms. The molecule has 0 spiro atoms. The largest absolute Gasteiger partial charge is 0.497 e. The number of hydrogen-bond acceptors (Lipinski definition) is 6. The third-order valence-electron chi connectivity index (χ3n) is 3.33. The molecule has 1 amide bonds. The highest BCUT2D eigenvalue weighted by Gasteiger charge is 2.10. The molecule has 0 aliphatic heterocycles. The molecule has 7 nitrogen and oxygen atoms in total. The summed E-state index contributed by atoms with van der Waals surface area (Å²) in [5, 5.41) is 10.8. The molecule has 3 aromatic rings. The zero-order valence-electron chi connectivity index (χ0n) is 13.1. The van der Waals surface area contributed by atoms with Crippen LogP contribution in [-0.4, -0.2) is 34.7 Å². The molecule has 2 aromatic heterocycles. The lowest BCUT2D eigenvalue weighted by Gasteiger charge is -2.05. The number of pyridine rings is 1. The topological polar surface area (TPSA) is 90.1 Å². The molecule has 1 N–H and O–H groups in total. The highest BCUT2D eigenvalue weighted by atomic mass is 16.5. The minimum Gasteiger partial charge on any atom is -0.497 e. The zero-order chi connectivity index (χ0) is 16.8. The first kappa shape index (κ1) is 15.7. The Bertz CT molecular complexity index is 817. The molecule has 0 fully saturated rings. The van der Waals surface area contributed by atoms with E-state index in [2.05, 4.69) is 20.5 Å². The van der Waals surface area contributed by atoms with E-state index in [1.807, 2.05) is 6.07 Å². The van der Waals surface area contributed by atoms with Crippen molar-refractivity contribution in [2.24, 2.45) is 0 Å². The fraction of sp³-hybridized carbons (Fsp3) is 0.176. The van der Waals surface area contributed by atoms with Crippen LogP contribution in [0.2, 0.25) is 0 Å². The lowest BCUT2D eigenvalue weighted by atomic mass is 10.2. The van der Waals surface area contributed by atoms with E-state index in [0.29, 0.717) is 36.1 Å². The van der Waals surface area contributed by atoms with Crippen LogP contribution < -0.4 is 10.1 Å². The number of nitrogens with zero attached hydrogens (tertiary/aromatic N) is 3. The summed E-state index contributed by atoms with van der Waals surface area (Å²) < 4.78 is 10.7. The van der Waals surface area contributed by atoms with E-state index in [4.69, 9.17) is 9.15 Å². The fourth-order valence-corrected chi connectivity index (χ4v) is 2.11. The minimum atomic E-state index is -0.180. The predicted octanol–water partition coefficient (Wildman–Crippen LogP) is 2.11. The monoisotopic (exact) mass is 324 g/mol. The van der Waals surface area contributed by atoms with Crippen LogP contribution in [0.1, 0.15) is 16.2 Å². The number of carbonyl (C=O) groups excluding carboxylic acids is 1. The molecule has 1 aromatic carbocycles. The smallest absolute Gasteiger partial charge is 0.251 e. The molecule has 3 rings (SSSR count). The quantitative estimate of drug-likeness (QED) is 0.747. The normalized spacial score (nSPS) is 10.4. The van der Waals surface area contributed by atoms with Crippen molar-refractivity contribution in [1.29, 1.82) is 0 Å². The van der Waals surface area contributed by atoms with Crippen molar-refractivity contribution in [1.82, 2.24) is 20.5 Å². The molecule has 0 unspecified atom stereocenters. The van der Waals surface area contributed by atoms with Crippen molar-refractivity contribution in [3.05, 3.63) is 60.2 Å². The number of methoxy groups -OCH3 is 1. The lowest BCUT2D eigenvalue weighted by molar-refractivity contribution is 0.0953. The standard InChI is InChI=1S/C17H16N4O3/c1-23-14-6-2-4-12(10-14)16(22)19-9-7-15-20-21-17(24-15)13-5-3-8-18-11-13/h2-6,8,10-11H,7,9H2,1H3,(H,19,22). The van der Waals surface area contributed by atoms with Crippen LogP contribution in [0, 0.1) is 0 Å². The Balaban J connectivity index is 1.55. The fourth-order valence-electron chi connectivity index (χ4n) is 2.11. The number of rotatable bonds is 6. The molecule has 0 radical (unpaired) electrons. The Morgan fingerprint density at radius 3 is 2.96 bits per heavy atom. The molecule has 2 heterocycles. The second-order valence-electron chi connectivity index (χ2n) is 4.98. The van der Waals surface area contributed by atoms with Crippen LogP contribution in [0.25, 0.3) is 11.5 Å². The number of hydrogen-bond donors (Lipinski definition) is 1. The van der Waals surface area contributed by atoms with Gasteiger partial charge in [0.15, 0.2) is 0 Å². The van der Waals surface area contributed by atoms with Gasteiger partial charge in [0, 0.05) is 30.9 Å². The van der Waals surface area contributed by atoms with Crippen LogP contribution in [0.3, 0.4) is 0 Å². The third kappa shape index (κ3) is 3.75. The third-order valence-corrected chi connectivity index (χ3v) is 3.33. The molecule has 0 saturated heterocycles. The zero-order valence-corrected chi connectivity index (χ0v) is 13.1. The average molecular weight is 324 g/mol. The van der Waals surface area contributed by atoms with Gasteiger partial charge in [0.25, 0.3) is 5.91 Å². The van der Waals surface area contributed by atoms with Gasteiger partial charge >= 0.3 is 0 Å². The first-order valence-corrected chi connectivity index (χ1v) is 7.41. The van der Waals surface area contributed by atoms with Crippen molar-refractivity contribution in [2.45, 2.75) is 6.42 Å². The van der Waals surface area contributed by atoms with Crippen LogP contribution in [0.4, 0.5) is 0 Å². The van der Waals surface area contributed by atoms with Crippen LogP contribution in [0.5, 0.6) is 5.75 Å². The Morgan fingerprint density at radius 2 is 2.17 bits per heavy atom. The number of benzene rings is 1. The van der Waals surface area contributed by atoms with Crippen LogP contribution in [-0.2, 0) is 6.42 Å². The molecule has 24 heavy (non-hydrogen) atoms. The summed E-state index contributed by atoms with van der Waals surface area (Å²) in [6, 6.07) is 10.6. The molecule has 122 valence electrons. The van der Waals surface area contributed by atoms with E-state index in [0.717, 1.165) is 5.56 Å². The Morgan fingerprint density at radius 1 is 1.25 bits per heavy atom. The van der Waals surface area contributed by atoms with Crippen molar-refractivity contribution < 1.29 is 13.9 Å². The number of amides is 1. The molecular weight excluding hydrogens is 308 g/mol. The molecule has 0 bridgehead atoms. The van der Waals surface area contributed by atoms with Crippen molar-refractivity contribution in [3.63, 3.8) is 0 Å². The van der Waals surface area contributed by atoms with Gasteiger partial charge in [-0.3, -0.25) is 9.78 Å². The molecular formula is C17H16N4O3. The van der Waals surface area contributed by atoms with Gasteiger partial charge in [-0.2, -0.15) is 0 Å². The maximum atomic E-state index is 12.1. The van der Waals surface area contributed by atoms with Gasteiger partial charge in [-0.25, -0.2) is 0 Å². The number of ether oxygens (including phenoxy) is 1. The van der Waals surface area contributed by atoms with Gasteiger partial charge in [-0.1, -0.05) is 6.07 Å². The minimum absolute atomic E-state index is 0.180. The summed E-state index contributed by atoms with van der Waals surface area (Å²) in [4.78, 5) is 16.1. The summed E-state index contributed by atoms with van der Waals surface area (Å²) in [5.41, 5.74) is 1.30. The summed E-state index contributed by atoms with van der Waals surface area (Å²) in [7, 11) is 1.56. The van der Waals surface area contributed by atoms with Crippen molar-refractivity contribution in [3.8, 4) is 17.2 Å². The number of nitrogens with one attached hydrogen (secondary N) is 1. The van der Waals surface area contributed by atoms with E-state index in [1.165, 1.54) is 0 Å². The molecule has 0 aliphatic rings.